The van der Waals surface area contributed by atoms with Crippen LogP contribution >= 0.6 is 0 Å². The summed E-state index contributed by atoms with van der Waals surface area (Å²) in [5.74, 6) is -11.2. The third-order valence-electron chi connectivity index (χ3n) is 15.4. The molecule has 0 bridgehead atoms. The van der Waals surface area contributed by atoms with E-state index in [1.54, 1.807) is 79.9 Å². The normalized spacial score (nSPS) is 14.9. The first-order valence-corrected chi connectivity index (χ1v) is 31.4. The lowest BCUT2D eigenvalue weighted by Crippen LogP contribution is -2.58. The third-order valence-corrected chi connectivity index (χ3v) is 15.4. The molecule has 21 N–H and O–H groups in total. The number of likely N-dealkylation sites (tertiary alicyclic amines) is 1. The Morgan fingerprint density at radius 1 is 0.543 bits per heavy atom. The van der Waals surface area contributed by atoms with Gasteiger partial charge in [0.15, 0.2) is 23.5 Å². The van der Waals surface area contributed by atoms with Crippen LogP contribution in [0, 0.1) is 11.8 Å². The molecule has 1 aliphatic rings. The molecule has 0 spiro atoms. The van der Waals surface area contributed by atoms with E-state index in [2.05, 4.69) is 41.9 Å². The molecule has 8 atom stereocenters. The third kappa shape index (κ3) is 29.4. The number of ether oxygens (including phenoxy) is 2. The lowest BCUT2D eigenvalue weighted by Gasteiger charge is -2.31. The van der Waals surface area contributed by atoms with Gasteiger partial charge in [0, 0.05) is 77.4 Å². The van der Waals surface area contributed by atoms with Gasteiger partial charge < -0.3 is 91.5 Å². The lowest BCUT2D eigenvalue weighted by molar-refractivity contribution is -0.143. The van der Waals surface area contributed by atoms with Gasteiger partial charge in [0.1, 0.15) is 29.9 Å². The number of nitrogens with zero attached hydrogens (tertiary/aromatic N) is 3. The van der Waals surface area contributed by atoms with Crippen molar-refractivity contribution in [1.29, 1.82) is 0 Å². The molecule has 0 unspecified atom stereocenters. The maximum absolute atomic E-state index is 15.0. The number of benzene rings is 3. The maximum atomic E-state index is 15.0. The standard InChI is InChI=1S/C64H94N16O14/c1-93-32-33-94-31-11-26-72-29-25-56(86)75-49(36-42-19-21-45(81)22-20-42)53(83)38-44(35-41-14-6-3-7-15-41)58(88)76-46(23-24-54(65)84)52(82)37-43(34-40-12-4-2-5-13-40)59(89)78-48(17-9-28-74-64(70)71)62(92)80-30-10-18-51(80)61(91)77-47(16-8-27-73-63(68)69)60(90)79-50(57(67)87)39-55(66)85/h2-7,12-15,19-22,43-44,46-51,72,81H,8-11,16-18,23-39H2,1H3,(H2,65,84)(H2,66,85)(H2,67,87)(H,75,86)(H,76,88)(H,77,91)(H,78,89)(H,79,90)(H4,68,69,73)(H4,70,71,74)/t43-,44-,46+,47+,48+,49+,50+,51+/m1/s1. The monoisotopic (exact) mass is 1310 g/mol. The number of guanidine groups is 2. The van der Waals surface area contributed by atoms with Crippen molar-refractivity contribution < 1.29 is 67.3 Å². The number of rotatable bonds is 46. The van der Waals surface area contributed by atoms with Crippen LogP contribution in [0.4, 0.5) is 0 Å². The topological polar surface area (TPSA) is 509 Å². The Hall–Kier alpha value is -9.55. The molecule has 0 aliphatic carbocycles. The molecule has 30 nitrogen and oxygen atoms in total. The number of Topliss-reactive ketones (excluding diaryl/α,β-unsaturated/α-hetero) is 2. The molecule has 0 radical (unpaired) electrons. The van der Waals surface area contributed by atoms with Gasteiger partial charge in [-0.05, 0) is 106 Å². The molecule has 30 heteroatoms. The molecule has 4 rings (SSSR count). The minimum atomic E-state index is -1.52. The Bertz CT molecular complexity index is 3020. The average molecular weight is 1310 g/mol. The summed E-state index contributed by atoms with van der Waals surface area (Å²) in [7, 11) is 1.58. The quantitative estimate of drug-likeness (QED) is 0.0161. The molecular formula is C64H94N16O14. The summed E-state index contributed by atoms with van der Waals surface area (Å²) in [5, 5.41) is 26.7. The van der Waals surface area contributed by atoms with Gasteiger partial charge in [-0.3, -0.25) is 62.7 Å². The van der Waals surface area contributed by atoms with Crippen LogP contribution in [0.25, 0.3) is 0 Å². The van der Waals surface area contributed by atoms with Gasteiger partial charge in [0.2, 0.25) is 53.2 Å². The van der Waals surface area contributed by atoms with Crippen LogP contribution in [0.3, 0.4) is 0 Å². The van der Waals surface area contributed by atoms with Gasteiger partial charge >= 0.3 is 0 Å². The number of nitrogens with two attached hydrogens (primary N) is 7. The number of hydrogen-bond acceptors (Lipinski definition) is 17. The van der Waals surface area contributed by atoms with E-state index in [0.717, 1.165) is 0 Å². The summed E-state index contributed by atoms with van der Waals surface area (Å²) in [6.45, 7) is 2.36. The second-order valence-electron chi connectivity index (χ2n) is 23.0. The van der Waals surface area contributed by atoms with Gasteiger partial charge in [-0.1, -0.05) is 72.8 Å². The summed E-state index contributed by atoms with van der Waals surface area (Å²) in [5.41, 5.74) is 40.4. The molecule has 3 aromatic carbocycles. The number of aliphatic imine (C=N–C) groups is 2. The van der Waals surface area contributed by atoms with Crippen molar-refractivity contribution in [2.45, 2.75) is 139 Å². The number of aromatic hydroxyl groups is 1. The zero-order chi connectivity index (χ0) is 69.0. The van der Waals surface area contributed by atoms with E-state index >= 15 is 0 Å². The van der Waals surface area contributed by atoms with Crippen LogP contribution in [0.5, 0.6) is 5.75 Å². The van der Waals surface area contributed by atoms with Crippen molar-refractivity contribution in [2.24, 2.45) is 62.0 Å². The van der Waals surface area contributed by atoms with E-state index in [0.29, 0.717) is 62.4 Å². The summed E-state index contributed by atoms with van der Waals surface area (Å²) in [6.07, 6.45) is -1.12. The minimum absolute atomic E-state index is 0.00229. The van der Waals surface area contributed by atoms with Crippen molar-refractivity contribution >= 4 is 76.7 Å². The second-order valence-corrected chi connectivity index (χ2v) is 23.0. The molecular weight excluding hydrogens is 1220 g/mol. The van der Waals surface area contributed by atoms with Crippen molar-refractivity contribution in [3.05, 3.63) is 102 Å². The largest absolute Gasteiger partial charge is 0.508 e. The predicted octanol–water partition coefficient (Wildman–Crippen LogP) is -2.25. The van der Waals surface area contributed by atoms with E-state index in [9.17, 15) is 57.8 Å². The molecule has 94 heavy (non-hydrogen) atoms. The van der Waals surface area contributed by atoms with Crippen molar-refractivity contribution in [1.82, 2.24) is 36.8 Å². The number of carbonyl (C=O) groups excluding carboxylic acids is 11. The maximum Gasteiger partial charge on any atom is 0.245 e. The Kier molecular flexibility index (Phi) is 34.2. The van der Waals surface area contributed by atoms with Crippen LogP contribution in [-0.2, 0) is 81.5 Å². The highest BCUT2D eigenvalue weighted by Crippen LogP contribution is 2.24. The number of carbonyl (C=O) groups is 11. The van der Waals surface area contributed by atoms with Crippen molar-refractivity contribution in [3.63, 3.8) is 0 Å². The molecule has 1 saturated heterocycles. The molecule has 0 saturated carbocycles. The van der Waals surface area contributed by atoms with Gasteiger partial charge in [-0.2, -0.15) is 0 Å². The molecule has 1 fully saturated rings. The highest BCUT2D eigenvalue weighted by molar-refractivity contribution is 5.99. The average Bonchev–Trinajstić information content (AvgIpc) is 1.67. The van der Waals surface area contributed by atoms with Gasteiger partial charge in [0.25, 0.3) is 0 Å². The number of nitrogens with one attached hydrogen (secondary N) is 6. The summed E-state index contributed by atoms with van der Waals surface area (Å²) < 4.78 is 10.5. The highest BCUT2D eigenvalue weighted by atomic mass is 16.5. The zero-order valence-corrected chi connectivity index (χ0v) is 53.3. The summed E-state index contributed by atoms with van der Waals surface area (Å²) in [4.78, 5) is 161. The van der Waals surface area contributed by atoms with Crippen LogP contribution in [-0.4, -0.2) is 183 Å². The molecule has 1 aliphatic heterocycles. The van der Waals surface area contributed by atoms with Crippen molar-refractivity contribution in [3.8, 4) is 5.75 Å². The molecule has 514 valence electrons. The Morgan fingerprint density at radius 2 is 1.09 bits per heavy atom. The zero-order valence-electron chi connectivity index (χ0n) is 53.3. The van der Waals surface area contributed by atoms with Gasteiger partial charge in [0.05, 0.1) is 31.7 Å². The first kappa shape index (κ1) is 76.9. The molecule has 9 amide bonds. The number of phenolic OH excluding ortho intramolecular Hbond substituents is 1. The summed E-state index contributed by atoms with van der Waals surface area (Å²) in [6, 6.07) is 15.5. The number of methoxy groups -OCH3 is 1. The van der Waals surface area contributed by atoms with Crippen LogP contribution < -0.4 is 72.0 Å². The van der Waals surface area contributed by atoms with Gasteiger partial charge in [-0.25, -0.2) is 0 Å². The SMILES string of the molecule is COCCOCCCNCCC(=O)N[C@@H](Cc1ccc(O)cc1)C(=O)C[C@@H](Cc1ccccc1)C(=O)N[C@@H](CCC(N)=O)C(=O)C[C@@H](Cc1ccccc1)C(=O)N[C@@H](CCCN=C(N)N)C(=O)N1CCC[C@H]1C(=O)N[C@@H](CCCN=C(N)N)C(=O)N[C@@H](CC(N)=O)C(N)=O. The second kappa shape index (κ2) is 41.8. The Morgan fingerprint density at radius 3 is 1.63 bits per heavy atom. The number of hydrogen-bond donors (Lipinski definition) is 14. The number of primary amides is 3. The lowest BCUT2D eigenvalue weighted by atomic mass is 9.88. The van der Waals surface area contributed by atoms with Crippen LogP contribution in [0.2, 0.25) is 0 Å². The van der Waals surface area contributed by atoms with E-state index in [1.165, 1.54) is 17.0 Å². The number of amides is 9. The van der Waals surface area contributed by atoms with E-state index in [1.807, 2.05) is 0 Å². The highest BCUT2D eigenvalue weighted by Gasteiger charge is 2.41. The predicted molar refractivity (Wildman–Crippen MR) is 349 cm³/mol. The number of ketones is 2. The fraction of sp³-hybridized carbons (Fsp3) is 0.516. The number of phenols is 1. The first-order valence-electron chi connectivity index (χ1n) is 31.4. The first-order chi connectivity index (χ1) is 44.9. The minimum Gasteiger partial charge on any atom is -0.508 e. The fourth-order valence-electron chi connectivity index (χ4n) is 10.5. The Labute approximate surface area is 546 Å². The Balaban J connectivity index is 1.64. The summed E-state index contributed by atoms with van der Waals surface area (Å²) >= 11 is 0. The molecule has 1 heterocycles. The fourth-order valence-corrected chi connectivity index (χ4v) is 10.5. The van der Waals surface area contributed by atoms with E-state index < -0.39 is 132 Å². The van der Waals surface area contributed by atoms with Crippen LogP contribution in [0.1, 0.15) is 100 Å². The van der Waals surface area contributed by atoms with Crippen LogP contribution in [0.15, 0.2) is 94.9 Å². The molecule has 0 aromatic heterocycles. The van der Waals surface area contributed by atoms with Gasteiger partial charge in [-0.15, -0.1) is 0 Å². The smallest absolute Gasteiger partial charge is 0.245 e. The van der Waals surface area contributed by atoms with Crippen molar-refractivity contribution in [2.75, 3.05) is 59.7 Å². The molecule has 3 aromatic rings. The van der Waals surface area contributed by atoms with E-state index in [4.69, 9.17) is 49.6 Å². The van der Waals surface area contributed by atoms with E-state index in [-0.39, 0.29) is 108 Å².